The summed E-state index contributed by atoms with van der Waals surface area (Å²) >= 11 is 0. The Morgan fingerprint density at radius 2 is 2.04 bits per heavy atom. The van der Waals surface area contributed by atoms with Gasteiger partial charge in [-0.15, -0.1) is 0 Å². The van der Waals surface area contributed by atoms with Crippen molar-refractivity contribution in [1.82, 2.24) is 4.57 Å². The monoisotopic (exact) mass is 366 g/mol. The predicted molar refractivity (Wildman–Crippen MR) is 102 cm³/mol. The maximum atomic E-state index is 13.4. The second-order valence-electron chi connectivity index (χ2n) is 7.20. The fourth-order valence-corrected chi connectivity index (χ4v) is 2.12. The van der Waals surface area contributed by atoms with E-state index in [1.54, 1.807) is 39.8 Å². The normalized spacial score (nSPS) is 14.5. The minimum Gasteiger partial charge on any atom is -0.443 e. The van der Waals surface area contributed by atoms with Crippen LogP contribution in [0.1, 0.15) is 53.7 Å². The largest absolute Gasteiger partial charge is 0.443 e. The molecule has 0 aliphatic heterocycles. The summed E-state index contributed by atoms with van der Waals surface area (Å²) in [7, 11) is 0. The van der Waals surface area contributed by atoms with Gasteiger partial charge in [0.2, 0.25) is 0 Å². The molecule has 0 amide bonds. The molecule has 0 aromatic carbocycles. The molecule has 0 aliphatic carbocycles. The lowest BCUT2D eigenvalue weighted by Gasteiger charge is -2.20. The number of aliphatic imine (C=N–C) groups is 1. The second-order valence-corrected chi connectivity index (χ2v) is 7.20. The predicted octanol–water partition coefficient (Wildman–Crippen LogP) is 5.94. The van der Waals surface area contributed by atoms with Crippen molar-refractivity contribution in [2.75, 3.05) is 0 Å². The number of hydrogen-bond donors (Lipinski definition) is 0. The van der Waals surface area contributed by atoms with Crippen molar-refractivity contribution in [3.8, 4) is 0 Å². The molecule has 4 nitrogen and oxygen atoms in total. The molecule has 1 rings (SSSR count). The third-order valence-electron chi connectivity index (χ3n) is 3.84. The van der Waals surface area contributed by atoms with Gasteiger partial charge >= 0.3 is 6.09 Å². The van der Waals surface area contributed by atoms with E-state index in [1.165, 1.54) is 16.8 Å². The number of ether oxygens (including phenoxy) is 1. The van der Waals surface area contributed by atoms with Crippen molar-refractivity contribution in [1.29, 1.82) is 0 Å². The zero-order valence-electron chi connectivity index (χ0n) is 16.3. The summed E-state index contributed by atoms with van der Waals surface area (Å²) in [6.07, 6.45) is 0.208. The molecule has 6 heteroatoms. The van der Waals surface area contributed by atoms with Gasteiger partial charge in [-0.05, 0) is 63.8 Å². The van der Waals surface area contributed by atoms with Crippen LogP contribution in [0.25, 0.3) is 5.57 Å². The average Bonchev–Trinajstić information content (AvgIpc) is 3.01. The highest BCUT2D eigenvalue weighted by atomic mass is 19.3. The highest BCUT2D eigenvalue weighted by Gasteiger charge is 2.20. The molecule has 1 atom stereocenters. The number of hydrogen-bond acceptors (Lipinski definition) is 3. The Morgan fingerprint density at radius 3 is 2.54 bits per heavy atom. The summed E-state index contributed by atoms with van der Waals surface area (Å²) in [5.74, 6) is 0.107. The number of allylic oxidation sites excluding steroid dienone is 3. The van der Waals surface area contributed by atoms with E-state index >= 15 is 0 Å². The zero-order chi connectivity index (χ0) is 20.1. The van der Waals surface area contributed by atoms with E-state index in [-0.39, 0.29) is 17.2 Å². The molecule has 0 radical (unpaired) electrons. The molecule has 0 fully saturated rings. The first-order valence-electron chi connectivity index (χ1n) is 8.61. The van der Waals surface area contributed by atoms with Gasteiger partial charge in [-0.1, -0.05) is 20.4 Å². The third-order valence-corrected chi connectivity index (χ3v) is 3.84. The number of aromatic nitrogens is 1. The summed E-state index contributed by atoms with van der Waals surface area (Å²) in [6, 6.07) is 3.26. The number of carbonyl (C=O) groups is 1. The summed E-state index contributed by atoms with van der Waals surface area (Å²) < 4.78 is 33.4. The van der Waals surface area contributed by atoms with E-state index in [1.807, 2.05) is 13.8 Å². The maximum absolute atomic E-state index is 13.4. The number of alkyl halides is 2. The molecular weight excluding hydrogens is 338 g/mol. The first-order valence-corrected chi connectivity index (χ1v) is 8.61. The van der Waals surface area contributed by atoms with E-state index in [9.17, 15) is 13.6 Å². The quantitative estimate of drug-likeness (QED) is 0.462. The minimum atomic E-state index is -2.74. The molecule has 0 saturated heterocycles. The molecule has 0 bridgehead atoms. The zero-order valence-corrected chi connectivity index (χ0v) is 16.3. The maximum Gasteiger partial charge on any atom is 0.418 e. The van der Waals surface area contributed by atoms with Crippen LogP contribution in [0.4, 0.5) is 13.6 Å². The molecule has 26 heavy (non-hydrogen) atoms. The molecule has 1 unspecified atom stereocenters. The van der Waals surface area contributed by atoms with Crippen LogP contribution in [0.2, 0.25) is 0 Å². The van der Waals surface area contributed by atoms with Crippen LogP contribution in [0, 0.1) is 5.92 Å². The molecule has 0 N–H and O–H groups in total. The highest BCUT2D eigenvalue weighted by molar-refractivity contribution is 5.86. The van der Waals surface area contributed by atoms with Crippen molar-refractivity contribution in [3.05, 3.63) is 42.4 Å². The van der Waals surface area contributed by atoms with Gasteiger partial charge in [-0.2, -0.15) is 0 Å². The number of carbonyl (C=O) groups excluding carboxylic acids is 1. The number of rotatable bonds is 6. The minimum absolute atomic E-state index is 0.107. The molecule has 0 saturated carbocycles. The lowest BCUT2D eigenvalue weighted by Crippen LogP contribution is -2.27. The van der Waals surface area contributed by atoms with Crippen molar-refractivity contribution in [2.24, 2.45) is 10.9 Å². The third kappa shape index (κ3) is 6.24. The lowest BCUT2D eigenvalue weighted by molar-refractivity contribution is 0.0536. The van der Waals surface area contributed by atoms with Crippen LogP contribution < -0.4 is 0 Å². The Labute approximate surface area is 154 Å². The summed E-state index contributed by atoms with van der Waals surface area (Å²) in [4.78, 5) is 16.3. The Kier molecular flexibility index (Phi) is 7.48. The van der Waals surface area contributed by atoms with Gasteiger partial charge in [0, 0.05) is 11.9 Å². The Morgan fingerprint density at radius 1 is 1.42 bits per heavy atom. The van der Waals surface area contributed by atoms with Gasteiger partial charge in [-0.25, -0.2) is 13.6 Å². The van der Waals surface area contributed by atoms with Gasteiger partial charge in [0.05, 0.1) is 5.69 Å². The summed E-state index contributed by atoms with van der Waals surface area (Å²) in [5.41, 5.74) is 0.242. The highest BCUT2D eigenvalue weighted by Crippen LogP contribution is 2.22. The van der Waals surface area contributed by atoms with Crippen LogP contribution in [-0.2, 0) is 4.74 Å². The average molecular weight is 366 g/mol. The molecule has 0 aliphatic rings. The van der Waals surface area contributed by atoms with Crippen molar-refractivity contribution >= 4 is 17.4 Å². The van der Waals surface area contributed by atoms with E-state index < -0.39 is 18.1 Å². The summed E-state index contributed by atoms with van der Waals surface area (Å²) in [6.45, 7) is 14.7. The standard InChI is InChI=1S/C20H28F2N2O2/c1-8-13(2)15(4)23-16(18(21)22)12-14(3)17-10-9-11-24(17)19(25)26-20(5,6)7/h9-13,18H,3,8H2,1-2,4-7H3/b16-12-,23-15?. The van der Waals surface area contributed by atoms with E-state index in [0.29, 0.717) is 11.4 Å². The van der Waals surface area contributed by atoms with Gasteiger partial charge in [0.15, 0.2) is 0 Å². The fourth-order valence-electron chi connectivity index (χ4n) is 2.12. The lowest BCUT2D eigenvalue weighted by atomic mass is 10.0. The van der Waals surface area contributed by atoms with Crippen molar-refractivity contribution in [2.45, 2.75) is 60.0 Å². The molecule has 0 spiro atoms. The fraction of sp³-hybridized carbons (Fsp3) is 0.500. The van der Waals surface area contributed by atoms with E-state index in [0.717, 1.165) is 6.42 Å². The van der Waals surface area contributed by atoms with Gasteiger partial charge in [-0.3, -0.25) is 9.56 Å². The molecule has 144 valence electrons. The number of halogens is 2. The molecule has 1 aromatic rings. The second kappa shape index (κ2) is 8.92. The van der Waals surface area contributed by atoms with Crippen LogP contribution in [0.15, 0.2) is 41.7 Å². The SMILES string of the molecule is C=C(/C=C(\N=C(C)C(C)CC)C(F)F)c1cccn1C(=O)OC(C)(C)C. The van der Waals surface area contributed by atoms with Crippen LogP contribution >= 0.6 is 0 Å². The van der Waals surface area contributed by atoms with Crippen molar-refractivity contribution in [3.63, 3.8) is 0 Å². The molecule has 1 heterocycles. The van der Waals surface area contributed by atoms with Gasteiger partial charge < -0.3 is 4.74 Å². The molecule has 1 aromatic heterocycles. The van der Waals surface area contributed by atoms with E-state index in [4.69, 9.17) is 4.74 Å². The number of nitrogens with zero attached hydrogens (tertiary/aromatic N) is 2. The first kappa shape index (κ1) is 21.8. The Balaban J connectivity index is 3.17. The smallest absolute Gasteiger partial charge is 0.418 e. The van der Waals surface area contributed by atoms with Gasteiger partial charge in [0.1, 0.15) is 11.3 Å². The van der Waals surface area contributed by atoms with Crippen molar-refractivity contribution < 1.29 is 18.3 Å². The summed E-state index contributed by atoms with van der Waals surface area (Å²) in [5, 5.41) is 0. The Bertz CT molecular complexity index is 710. The van der Waals surface area contributed by atoms with Crippen LogP contribution in [-0.4, -0.2) is 28.4 Å². The first-order chi connectivity index (χ1) is 12.0. The topological polar surface area (TPSA) is 43.6 Å². The Hall–Kier alpha value is -2.24. The molecular formula is C20H28F2N2O2. The van der Waals surface area contributed by atoms with E-state index in [2.05, 4.69) is 11.6 Å². The van der Waals surface area contributed by atoms with Gasteiger partial charge in [0.25, 0.3) is 6.43 Å². The van der Waals surface area contributed by atoms with Crippen LogP contribution in [0.5, 0.6) is 0 Å². The van der Waals surface area contributed by atoms with Crippen LogP contribution in [0.3, 0.4) is 0 Å².